The van der Waals surface area contributed by atoms with E-state index in [1.807, 2.05) is 51.1 Å². The number of pyridine rings is 1. The summed E-state index contributed by atoms with van der Waals surface area (Å²) in [6.45, 7) is 5.65. The number of aromatic nitrogens is 1. The first-order chi connectivity index (χ1) is 14.4. The number of benzene rings is 1. The molecule has 0 fully saturated rings. The van der Waals surface area contributed by atoms with Gasteiger partial charge in [0.05, 0.1) is 7.11 Å². The van der Waals surface area contributed by atoms with Gasteiger partial charge in [0, 0.05) is 23.8 Å². The normalized spacial score (nSPS) is 11.8. The number of terminal acetylenes is 1. The number of carbonyl (C=O) groups excluding carboxylic acids is 1. The molecule has 0 aliphatic heterocycles. The number of methoxy groups -OCH3 is 1. The number of carbonyl (C=O) groups is 1. The number of nitrogens with zero attached hydrogens (tertiary/aromatic N) is 2. The molecular formula is C24H25ClN2O3. The van der Waals surface area contributed by atoms with Crippen molar-refractivity contribution >= 4 is 35.1 Å². The minimum atomic E-state index is -0.802. The summed E-state index contributed by atoms with van der Waals surface area (Å²) in [5, 5.41) is 11.2. The summed E-state index contributed by atoms with van der Waals surface area (Å²) in [6.07, 6.45) is 10.6. The van der Waals surface area contributed by atoms with Crippen LogP contribution in [0.4, 0.5) is 0 Å². The van der Waals surface area contributed by atoms with Crippen LogP contribution in [-0.2, 0) is 9.53 Å². The minimum absolute atomic E-state index is 0.205. The van der Waals surface area contributed by atoms with Gasteiger partial charge in [0.25, 0.3) is 0 Å². The first-order valence-corrected chi connectivity index (χ1v) is 9.47. The Kier molecular flexibility index (Phi) is 10.1. The monoisotopic (exact) mass is 424 g/mol. The summed E-state index contributed by atoms with van der Waals surface area (Å²) < 4.78 is 4.64. The first-order valence-electron chi connectivity index (χ1n) is 9.09. The number of hydrogen-bond donors (Lipinski definition) is 1. The van der Waals surface area contributed by atoms with Crippen LogP contribution in [-0.4, -0.2) is 36.4 Å². The number of aliphatic imine (C=N–C) groups is 1. The van der Waals surface area contributed by atoms with Crippen molar-refractivity contribution in [1.82, 2.24) is 4.98 Å². The zero-order chi connectivity index (χ0) is 22.7. The lowest BCUT2D eigenvalue weighted by Crippen LogP contribution is -2.08. The molecule has 1 aromatic heterocycles. The van der Waals surface area contributed by atoms with Crippen LogP contribution < -0.4 is 0 Å². The van der Waals surface area contributed by atoms with E-state index in [2.05, 4.69) is 20.6 Å². The third-order valence-electron chi connectivity index (χ3n) is 4.17. The molecule has 0 spiro atoms. The van der Waals surface area contributed by atoms with Gasteiger partial charge in [0.1, 0.15) is 5.69 Å². The number of halogens is 1. The maximum absolute atomic E-state index is 11.9. The van der Waals surface area contributed by atoms with E-state index in [4.69, 9.17) is 18.0 Å². The van der Waals surface area contributed by atoms with Crippen LogP contribution in [0.1, 0.15) is 32.0 Å². The van der Waals surface area contributed by atoms with Gasteiger partial charge in [0.15, 0.2) is 11.3 Å². The minimum Gasteiger partial charge on any atom is -0.504 e. The Bertz CT molecular complexity index is 1030. The summed E-state index contributed by atoms with van der Waals surface area (Å²) in [6, 6.07) is 9.15. The molecule has 2 aromatic rings. The number of hydrogen-bond acceptors (Lipinski definition) is 5. The molecule has 0 aliphatic rings. The number of aliphatic hydroxyl groups excluding tert-OH is 1. The molecule has 0 aliphatic carbocycles. The van der Waals surface area contributed by atoms with Gasteiger partial charge >= 0.3 is 5.97 Å². The van der Waals surface area contributed by atoms with Gasteiger partial charge < -0.3 is 14.8 Å². The molecular weight excluding hydrogens is 400 g/mol. The van der Waals surface area contributed by atoms with Crippen LogP contribution in [0, 0.1) is 12.3 Å². The molecule has 0 bridgehead atoms. The summed E-state index contributed by atoms with van der Waals surface area (Å²) in [5.74, 6) is 0.973. The lowest BCUT2D eigenvalue weighted by molar-refractivity contribution is -0.135. The van der Waals surface area contributed by atoms with Gasteiger partial charge in [-0.25, -0.2) is 4.79 Å². The van der Waals surface area contributed by atoms with Crippen LogP contribution >= 0.6 is 11.6 Å². The number of rotatable bonds is 4. The first kappa shape index (κ1) is 24.7. The highest BCUT2D eigenvalue weighted by atomic mass is 35.5. The molecule has 1 aromatic carbocycles. The lowest BCUT2D eigenvalue weighted by atomic mass is 9.92. The third-order valence-corrected chi connectivity index (χ3v) is 4.40. The third kappa shape index (κ3) is 6.07. The van der Waals surface area contributed by atoms with E-state index in [1.54, 1.807) is 25.5 Å². The van der Waals surface area contributed by atoms with Crippen LogP contribution in [0.5, 0.6) is 0 Å². The van der Waals surface area contributed by atoms with E-state index in [9.17, 15) is 9.90 Å². The summed E-state index contributed by atoms with van der Waals surface area (Å²) in [4.78, 5) is 19.7. The summed E-state index contributed by atoms with van der Waals surface area (Å²) in [7, 11) is 2.95. The Morgan fingerprint density at radius 1 is 1.33 bits per heavy atom. The van der Waals surface area contributed by atoms with Crippen molar-refractivity contribution < 1.29 is 14.6 Å². The second-order valence-electron chi connectivity index (χ2n) is 5.94. The smallest absolute Gasteiger partial charge is 0.350 e. The van der Waals surface area contributed by atoms with E-state index >= 15 is 0 Å². The molecule has 1 heterocycles. The van der Waals surface area contributed by atoms with Gasteiger partial charge in [0.2, 0.25) is 0 Å². The van der Waals surface area contributed by atoms with Crippen LogP contribution in [0.15, 0.2) is 53.2 Å². The molecule has 0 radical (unpaired) electrons. The Morgan fingerprint density at radius 3 is 2.50 bits per heavy atom. The van der Waals surface area contributed by atoms with E-state index in [1.165, 1.54) is 7.11 Å². The fraction of sp³-hybridized carbons (Fsp3) is 0.208. The van der Waals surface area contributed by atoms with Crippen LogP contribution in [0.3, 0.4) is 0 Å². The average molecular weight is 425 g/mol. The highest BCUT2D eigenvalue weighted by Crippen LogP contribution is 2.34. The maximum Gasteiger partial charge on any atom is 0.350 e. The standard InChI is InChI=1S/C21H18ClNO3.C3H7N/c1-5-13(3)18-17(14-8-7-9-15(22)12-14)10-11-23-19(18)20(24)16(6-2)21(25)26-4;1-3-4-2/h2,5,7-12,24H,1,3-4H3;3H,1-2H3/b13-5-,20-16-;. The van der Waals surface area contributed by atoms with Crippen molar-refractivity contribution in [3.8, 4) is 23.5 Å². The predicted octanol–water partition coefficient (Wildman–Crippen LogP) is 5.61. The van der Waals surface area contributed by atoms with Gasteiger partial charge in [-0.3, -0.25) is 4.98 Å². The highest BCUT2D eigenvalue weighted by Gasteiger charge is 2.21. The van der Waals surface area contributed by atoms with Gasteiger partial charge in [-0.15, -0.1) is 6.42 Å². The number of aliphatic hydroxyl groups is 1. The lowest BCUT2D eigenvalue weighted by Gasteiger charge is -2.15. The number of esters is 1. The van der Waals surface area contributed by atoms with Crippen molar-refractivity contribution in [2.45, 2.75) is 20.8 Å². The molecule has 0 atom stereocenters. The molecule has 0 amide bonds. The van der Waals surface area contributed by atoms with E-state index in [-0.39, 0.29) is 11.3 Å². The summed E-state index contributed by atoms with van der Waals surface area (Å²) >= 11 is 6.12. The van der Waals surface area contributed by atoms with Gasteiger partial charge in [-0.05, 0) is 61.9 Å². The van der Waals surface area contributed by atoms with E-state index in [0.717, 1.165) is 16.7 Å². The van der Waals surface area contributed by atoms with Crippen molar-refractivity contribution in [2.24, 2.45) is 4.99 Å². The SMILES string of the molecule is C#C/C(C(=O)OC)=C(/O)c1nccc(-c2cccc(Cl)c2)c1/C(C)=C\C.CC=NC. The van der Waals surface area contributed by atoms with E-state index in [0.29, 0.717) is 10.6 Å². The second-order valence-corrected chi connectivity index (χ2v) is 6.38. The Balaban J connectivity index is 0.00000103. The maximum atomic E-state index is 11.9. The van der Waals surface area contributed by atoms with Crippen LogP contribution in [0.25, 0.3) is 22.5 Å². The molecule has 0 saturated heterocycles. The molecule has 0 saturated carbocycles. The number of allylic oxidation sites excluding steroid dienone is 2. The van der Waals surface area contributed by atoms with E-state index < -0.39 is 11.7 Å². The molecule has 0 unspecified atom stereocenters. The zero-order valence-electron chi connectivity index (χ0n) is 17.7. The zero-order valence-corrected chi connectivity index (χ0v) is 18.5. The van der Waals surface area contributed by atoms with Crippen molar-refractivity contribution in [2.75, 3.05) is 14.2 Å². The number of ether oxygens (including phenoxy) is 1. The van der Waals surface area contributed by atoms with Crippen LogP contribution in [0.2, 0.25) is 5.02 Å². The summed E-state index contributed by atoms with van der Waals surface area (Å²) in [5.41, 5.74) is 3.10. The van der Waals surface area contributed by atoms with Crippen molar-refractivity contribution in [3.05, 3.63) is 64.5 Å². The predicted molar refractivity (Wildman–Crippen MR) is 124 cm³/mol. The van der Waals surface area contributed by atoms with Gasteiger partial charge in [-0.1, -0.05) is 35.7 Å². The highest BCUT2D eigenvalue weighted by molar-refractivity contribution is 6.30. The fourth-order valence-electron chi connectivity index (χ4n) is 2.53. The largest absolute Gasteiger partial charge is 0.504 e. The Hall–Kier alpha value is -3.36. The molecule has 1 N–H and O–H groups in total. The van der Waals surface area contributed by atoms with Crippen molar-refractivity contribution in [1.29, 1.82) is 0 Å². The molecule has 6 heteroatoms. The quantitative estimate of drug-likeness (QED) is 0.228. The average Bonchev–Trinajstić information content (AvgIpc) is 2.78. The Labute approximate surface area is 182 Å². The molecule has 2 rings (SSSR count). The fourth-order valence-corrected chi connectivity index (χ4v) is 2.72. The molecule has 30 heavy (non-hydrogen) atoms. The van der Waals surface area contributed by atoms with Gasteiger partial charge in [-0.2, -0.15) is 0 Å². The molecule has 156 valence electrons. The molecule has 5 nitrogen and oxygen atoms in total. The second kappa shape index (κ2) is 12.3. The Morgan fingerprint density at radius 2 is 2.00 bits per heavy atom. The topological polar surface area (TPSA) is 71.8 Å². The van der Waals surface area contributed by atoms with Crippen molar-refractivity contribution in [3.63, 3.8) is 0 Å².